The number of benzene rings is 1. The minimum Gasteiger partial charge on any atom is -0.496 e. The third-order valence-corrected chi connectivity index (χ3v) is 2.49. The van der Waals surface area contributed by atoms with Gasteiger partial charge in [-0.15, -0.1) is 0 Å². The molecule has 1 aromatic rings. The summed E-state index contributed by atoms with van der Waals surface area (Å²) < 4.78 is 15.6. The fourth-order valence-electron chi connectivity index (χ4n) is 1.40. The van der Waals surface area contributed by atoms with Crippen molar-refractivity contribution in [2.45, 2.75) is 13.8 Å². The Morgan fingerprint density at radius 1 is 1.06 bits per heavy atom. The molecule has 0 atom stereocenters. The van der Waals surface area contributed by atoms with Crippen LogP contribution in [0.4, 0.5) is 5.69 Å². The van der Waals surface area contributed by atoms with Gasteiger partial charge in [0.1, 0.15) is 22.9 Å². The summed E-state index contributed by atoms with van der Waals surface area (Å²) in [6.45, 7) is 3.63. The van der Waals surface area contributed by atoms with Crippen LogP contribution < -0.4 is 19.5 Å². The number of hydrogen-bond donors (Lipinski definition) is 1. The molecule has 1 aromatic carbocycles. The summed E-state index contributed by atoms with van der Waals surface area (Å²) >= 11 is 0. The largest absolute Gasteiger partial charge is 0.496 e. The van der Waals surface area contributed by atoms with Gasteiger partial charge in [-0.3, -0.25) is 4.79 Å². The number of amides is 1. The molecule has 1 rings (SSSR count). The number of hydrogen-bond acceptors (Lipinski definition) is 4. The zero-order valence-corrected chi connectivity index (χ0v) is 11.4. The van der Waals surface area contributed by atoms with Crippen LogP contribution in [0.25, 0.3) is 0 Å². The second-order valence-corrected chi connectivity index (χ2v) is 4.05. The Morgan fingerprint density at radius 3 is 1.89 bits per heavy atom. The molecular formula is C13H19NO4. The van der Waals surface area contributed by atoms with E-state index in [0.29, 0.717) is 22.9 Å². The maximum atomic E-state index is 11.7. The van der Waals surface area contributed by atoms with Crippen molar-refractivity contribution >= 4 is 11.6 Å². The minimum absolute atomic E-state index is 0.100. The highest BCUT2D eigenvalue weighted by atomic mass is 16.5. The predicted molar refractivity (Wildman–Crippen MR) is 69.6 cm³/mol. The van der Waals surface area contributed by atoms with Crippen LogP contribution in [0.1, 0.15) is 13.8 Å². The highest BCUT2D eigenvalue weighted by molar-refractivity contribution is 5.95. The van der Waals surface area contributed by atoms with Crippen LogP contribution in [0, 0.1) is 5.92 Å². The van der Waals surface area contributed by atoms with Gasteiger partial charge in [-0.25, -0.2) is 0 Å². The van der Waals surface area contributed by atoms with Gasteiger partial charge in [0.15, 0.2) is 0 Å². The van der Waals surface area contributed by atoms with Gasteiger partial charge < -0.3 is 19.5 Å². The zero-order valence-electron chi connectivity index (χ0n) is 11.4. The van der Waals surface area contributed by atoms with Gasteiger partial charge in [-0.1, -0.05) is 13.8 Å². The van der Waals surface area contributed by atoms with Crippen LogP contribution in [0.5, 0.6) is 17.2 Å². The van der Waals surface area contributed by atoms with Crippen LogP contribution in [-0.4, -0.2) is 27.2 Å². The van der Waals surface area contributed by atoms with Crippen molar-refractivity contribution in [1.82, 2.24) is 0 Å². The first-order valence-electron chi connectivity index (χ1n) is 5.64. The van der Waals surface area contributed by atoms with Crippen molar-refractivity contribution in [2.75, 3.05) is 26.6 Å². The SMILES string of the molecule is COc1cc(OC)c(NC(=O)C(C)C)c(OC)c1. The standard InChI is InChI=1S/C13H19NO4/c1-8(2)13(15)14-12-10(17-4)6-9(16-3)7-11(12)18-5/h6-8H,1-5H3,(H,14,15). The second kappa shape index (κ2) is 6.14. The van der Waals surface area contributed by atoms with E-state index in [9.17, 15) is 4.79 Å². The molecule has 0 aliphatic carbocycles. The fourth-order valence-corrected chi connectivity index (χ4v) is 1.40. The monoisotopic (exact) mass is 253 g/mol. The molecule has 18 heavy (non-hydrogen) atoms. The first-order valence-corrected chi connectivity index (χ1v) is 5.64. The summed E-state index contributed by atoms with van der Waals surface area (Å²) in [4.78, 5) is 11.7. The molecule has 1 amide bonds. The lowest BCUT2D eigenvalue weighted by Gasteiger charge is -2.16. The quantitative estimate of drug-likeness (QED) is 0.874. The van der Waals surface area contributed by atoms with E-state index in [-0.39, 0.29) is 11.8 Å². The Kier molecular flexibility index (Phi) is 4.83. The summed E-state index contributed by atoms with van der Waals surface area (Å²) in [5.41, 5.74) is 0.513. The van der Waals surface area contributed by atoms with Gasteiger partial charge in [0.05, 0.1) is 21.3 Å². The van der Waals surface area contributed by atoms with Crippen LogP contribution in [0.15, 0.2) is 12.1 Å². The summed E-state index contributed by atoms with van der Waals surface area (Å²) in [6, 6.07) is 3.39. The molecule has 0 unspecified atom stereocenters. The van der Waals surface area contributed by atoms with Crippen LogP contribution >= 0.6 is 0 Å². The van der Waals surface area contributed by atoms with E-state index in [1.54, 1.807) is 19.2 Å². The highest BCUT2D eigenvalue weighted by Gasteiger charge is 2.17. The summed E-state index contributed by atoms with van der Waals surface area (Å²) in [5.74, 6) is 1.38. The Bertz CT molecular complexity index is 404. The average molecular weight is 253 g/mol. The van der Waals surface area contributed by atoms with E-state index >= 15 is 0 Å². The molecule has 100 valence electrons. The molecule has 0 aromatic heterocycles. The molecule has 0 aliphatic heterocycles. The van der Waals surface area contributed by atoms with Crippen LogP contribution in [-0.2, 0) is 4.79 Å². The molecule has 5 nitrogen and oxygen atoms in total. The molecule has 0 heterocycles. The van der Waals surface area contributed by atoms with Crippen molar-refractivity contribution in [3.05, 3.63) is 12.1 Å². The lowest BCUT2D eigenvalue weighted by molar-refractivity contribution is -0.118. The Hall–Kier alpha value is -1.91. The molecule has 0 fully saturated rings. The minimum atomic E-state index is -0.124. The molecule has 5 heteroatoms. The van der Waals surface area contributed by atoms with Gasteiger partial charge in [0.2, 0.25) is 5.91 Å². The van der Waals surface area contributed by atoms with Gasteiger partial charge in [-0.05, 0) is 0 Å². The topological polar surface area (TPSA) is 56.8 Å². The van der Waals surface area contributed by atoms with E-state index in [4.69, 9.17) is 14.2 Å². The number of anilines is 1. The van der Waals surface area contributed by atoms with Crippen molar-refractivity contribution < 1.29 is 19.0 Å². The summed E-state index contributed by atoms with van der Waals surface area (Å²) in [6.07, 6.45) is 0. The molecule has 0 saturated carbocycles. The van der Waals surface area contributed by atoms with Crippen molar-refractivity contribution in [3.8, 4) is 17.2 Å². The molecule has 1 N–H and O–H groups in total. The second-order valence-electron chi connectivity index (χ2n) is 4.05. The first kappa shape index (κ1) is 14.2. The first-order chi connectivity index (χ1) is 8.53. The Morgan fingerprint density at radius 2 is 1.56 bits per heavy atom. The van der Waals surface area contributed by atoms with Gasteiger partial charge in [-0.2, -0.15) is 0 Å². The van der Waals surface area contributed by atoms with E-state index in [2.05, 4.69) is 5.32 Å². The van der Waals surface area contributed by atoms with Crippen molar-refractivity contribution in [1.29, 1.82) is 0 Å². The predicted octanol–water partition coefficient (Wildman–Crippen LogP) is 2.31. The van der Waals surface area contributed by atoms with E-state index in [0.717, 1.165) is 0 Å². The molecule has 0 radical (unpaired) electrons. The van der Waals surface area contributed by atoms with Gasteiger partial charge >= 0.3 is 0 Å². The van der Waals surface area contributed by atoms with Crippen LogP contribution in [0.2, 0.25) is 0 Å². The maximum absolute atomic E-state index is 11.7. The fraction of sp³-hybridized carbons (Fsp3) is 0.462. The van der Waals surface area contributed by atoms with Crippen molar-refractivity contribution in [3.63, 3.8) is 0 Å². The van der Waals surface area contributed by atoms with E-state index < -0.39 is 0 Å². The molecule has 0 saturated heterocycles. The van der Waals surface area contributed by atoms with E-state index in [1.807, 2.05) is 13.8 Å². The normalized spacial score (nSPS) is 10.1. The Labute approximate surface area is 107 Å². The lowest BCUT2D eigenvalue weighted by Crippen LogP contribution is -2.18. The van der Waals surface area contributed by atoms with Gasteiger partial charge in [0, 0.05) is 18.1 Å². The average Bonchev–Trinajstić information content (AvgIpc) is 2.38. The summed E-state index contributed by atoms with van der Waals surface area (Å²) in [7, 11) is 4.61. The zero-order chi connectivity index (χ0) is 13.7. The number of nitrogens with one attached hydrogen (secondary N) is 1. The number of ether oxygens (including phenoxy) is 3. The lowest BCUT2D eigenvalue weighted by atomic mass is 10.2. The Balaban J connectivity index is 3.18. The number of rotatable bonds is 5. The molecule has 0 spiro atoms. The van der Waals surface area contributed by atoms with Gasteiger partial charge in [0.25, 0.3) is 0 Å². The summed E-state index contributed by atoms with van der Waals surface area (Å²) in [5, 5.41) is 2.79. The third-order valence-electron chi connectivity index (χ3n) is 2.49. The van der Waals surface area contributed by atoms with Crippen LogP contribution in [0.3, 0.4) is 0 Å². The smallest absolute Gasteiger partial charge is 0.227 e. The number of carbonyl (C=O) groups excluding carboxylic acids is 1. The third kappa shape index (κ3) is 3.06. The number of methoxy groups -OCH3 is 3. The molecular weight excluding hydrogens is 234 g/mol. The maximum Gasteiger partial charge on any atom is 0.227 e. The molecule has 0 bridgehead atoms. The van der Waals surface area contributed by atoms with E-state index in [1.165, 1.54) is 14.2 Å². The van der Waals surface area contributed by atoms with Crippen molar-refractivity contribution in [2.24, 2.45) is 5.92 Å². The molecule has 0 aliphatic rings. The highest BCUT2D eigenvalue weighted by Crippen LogP contribution is 2.39. The number of carbonyl (C=O) groups is 1.